The molecule has 0 amide bonds. The molecule has 0 aromatic heterocycles. The van der Waals surface area contributed by atoms with Gasteiger partial charge in [0.05, 0.1) is 12.3 Å². The molecule has 26 heavy (non-hydrogen) atoms. The molecule has 0 saturated carbocycles. The van der Waals surface area contributed by atoms with Gasteiger partial charge in [0.15, 0.2) is 0 Å². The van der Waals surface area contributed by atoms with Crippen molar-refractivity contribution in [1.29, 1.82) is 0 Å². The lowest BCUT2D eigenvalue weighted by atomic mass is 9.90. The largest absolute Gasteiger partial charge is 0.206 e. The maximum Gasteiger partial charge on any atom is 0.0956 e. The van der Waals surface area contributed by atoms with E-state index in [1.165, 1.54) is 25.7 Å². The zero-order chi connectivity index (χ0) is 18.9. The van der Waals surface area contributed by atoms with E-state index in [0.29, 0.717) is 24.2 Å². The van der Waals surface area contributed by atoms with Crippen LogP contribution in [0.5, 0.6) is 0 Å². The van der Waals surface area contributed by atoms with Gasteiger partial charge in [-0.05, 0) is 92.9 Å². The lowest BCUT2D eigenvalue weighted by Gasteiger charge is -2.55. The molecule has 2 N–H and O–H groups in total. The molecule has 5 aliphatic heterocycles. The zero-order valence-corrected chi connectivity index (χ0v) is 17.9. The van der Waals surface area contributed by atoms with Crippen molar-refractivity contribution in [3.63, 3.8) is 0 Å². The third kappa shape index (κ3) is 2.14. The zero-order valence-electron chi connectivity index (χ0n) is 17.9. The van der Waals surface area contributed by atoms with Gasteiger partial charge in [0.25, 0.3) is 0 Å². The van der Waals surface area contributed by atoms with E-state index in [2.05, 4.69) is 86.5 Å². The molecule has 0 radical (unpaired) electrons. The lowest BCUT2D eigenvalue weighted by molar-refractivity contribution is -0.230. The first kappa shape index (κ1) is 17.8. The minimum atomic E-state index is 0.163. The van der Waals surface area contributed by atoms with Gasteiger partial charge < -0.3 is 0 Å². The maximum absolute atomic E-state index is 3.98. The van der Waals surface area contributed by atoms with Gasteiger partial charge in [0.2, 0.25) is 0 Å². The molecule has 0 bridgehead atoms. The van der Waals surface area contributed by atoms with Crippen molar-refractivity contribution in [1.82, 2.24) is 31.1 Å². The maximum atomic E-state index is 3.98. The topological polar surface area (TPSA) is 37.0 Å². The number of nitrogens with one attached hydrogen (secondary N) is 2. The van der Waals surface area contributed by atoms with Gasteiger partial charge in [-0.15, -0.1) is 0 Å². The molecule has 0 aliphatic carbocycles. The highest BCUT2D eigenvalue weighted by atomic mass is 15.9. The minimum Gasteiger partial charge on any atom is -0.206 e. The highest BCUT2D eigenvalue weighted by Gasteiger charge is 2.65. The van der Waals surface area contributed by atoms with Crippen molar-refractivity contribution in [2.24, 2.45) is 11.8 Å². The Balaban J connectivity index is 1.62. The molecule has 5 heterocycles. The average Bonchev–Trinajstić information content (AvgIpc) is 2.94. The van der Waals surface area contributed by atoms with Crippen LogP contribution in [-0.4, -0.2) is 54.5 Å². The highest BCUT2D eigenvalue weighted by Crippen LogP contribution is 2.54. The Morgan fingerprint density at radius 2 is 0.731 bits per heavy atom. The van der Waals surface area contributed by atoms with Crippen LogP contribution >= 0.6 is 0 Å². The van der Waals surface area contributed by atoms with E-state index < -0.39 is 0 Å². The van der Waals surface area contributed by atoms with Crippen molar-refractivity contribution in [2.75, 3.05) is 0 Å². The van der Waals surface area contributed by atoms with Crippen LogP contribution in [0.1, 0.15) is 81.1 Å². The normalized spacial score (nSPS) is 46.2. The molecule has 5 aliphatic rings. The Bertz CT molecular complexity index is 524. The Morgan fingerprint density at radius 1 is 0.500 bits per heavy atom. The van der Waals surface area contributed by atoms with E-state index in [1.54, 1.807) is 0 Å². The Morgan fingerprint density at radius 3 is 0.962 bits per heavy atom. The number of rotatable bonds is 0. The van der Waals surface area contributed by atoms with E-state index in [0.717, 1.165) is 0 Å². The summed E-state index contributed by atoms with van der Waals surface area (Å²) in [5.41, 5.74) is 8.61. The summed E-state index contributed by atoms with van der Waals surface area (Å²) in [5, 5.41) is 10.3. The van der Waals surface area contributed by atoms with Gasteiger partial charge >= 0.3 is 0 Å². The molecule has 0 atom stereocenters. The number of hydrogen-bond donors (Lipinski definition) is 2. The molecular weight excluding hydrogens is 324 g/mol. The summed E-state index contributed by atoms with van der Waals surface area (Å²) in [6.07, 6.45) is 5.78. The highest BCUT2D eigenvalue weighted by molar-refractivity contribution is 5.12. The molecule has 0 unspecified atom stereocenters. The number of nitrogens with zero attached hydrogens (tertiary/aromatic N) is 4. The van der Waals surface area contributed by atoms with E-state index in [4.69, 9.17) is 0 Å². The predicted octanol–water partition coefficient (Wildman–Crippen LogP) is 2.66. The summed E-state index contributed by atoms with van der Waals surface area (Å²) in [6, 6.07) is 0. The fourth-order valence-electron chi connectivity index (χ4n) is 7.04. The molecule has 5 fully saturated rings. The molecule has 0 aromatic carbocycles. The third-order valence-electron chi connectivity index (χ3n) is 7.99. The van der Waals surface area contributed by atoms with Crippen LogP contribution in [0.3, 0.4) is 0 Å². The Kier molecular flexibility index (Phi) is 3.32. The van der Waals surface area contributed by atoms with Crippen molar-refractivity contribution < 1.29 is 0 Å². The van der Waals surface area contributed by atoms with E-state index in [9.17, 15) is 0 Å². The first-order valence-electron chi connectivity index (χ1n) is 10.5. The van der Waals surface area contributed by atoms with Crippen LogP contribution in [0.2, 0.25) is 0 Å². The fourth-order valence-corrected chi connectivity index (χ4v) is 7.04. The molecule has 5 saturated heterocycles. The average molecular weight is 363 g/mol. The molecule has 6 heteroatoms. The molecule has 6 nitrogen and oxygen atoms in total. The van der Waals surface area contributed by atoms with E-state index in [1.807, 2.05) is 0 Å². The second kappa shape index (κ2) is 4.84. The second-order valence-electron chi connectivity index (χ2n) is 12.1. The van der Waals surface area contributed by atoms with Crippen LogP contribution in [0.15, 0.2) is 0 Å². The number of hydrazine groups is 4. The quantitative estimate of drug-likeness (QED) is 0.690. The first-order valence-corrected chi connectivity index (χ1v) is 10.5. The van der Waals surface area contributed by atoms with Crippen LogP contribution in [0.4, 0.5) is 0 Å². The standard InChI is InChI=1S/C20H38N6/c1-17(2)9-13-10-18(3,4)24-15(13)23(17)21-25-16-14(11-19(25,5)6)12-20(7,8)26(16)22-24/h13-16,21-22H,9-12H2,1-8H3. The molecule has 0 spiro atoms. The van der Waals surface area contributed by atoms with Gasteiger partial charge in [-0.1, -0.05) is 0 Å². The van der Waals surface area contributed by atoms with Gasteiger partial charge in [0, 0.05) is 22.2 Å². The van der Waals surface area contributed by atoms with Crippen LogP contribution in [0, 0.1) is 11.8 Å². The Labute approximate surface area is 159 Å². The predicted molar refractivity (Wildman–Crippen MR) is 103 cm³/mol. The summed E-state index contributed by atoms with van der Waals surface area (Å²) in [4.78, 5) is 0. The summed E-state index contributed by atoms with van der Waals surface area (Å²) in [6.45, 7) is 19.2. The van der Waals surface area contributed by atoms with Crippen molar-refractivity contribution >= 4 is 0 Å². The SMILES string of the molecule is CC1(C)CC2CC(C)(C)N3NN4C5C(CC(C)(C)N5NN1C23)CC4(C)C. The second-order valence-corrected chi connectivity index (χ2v) is 12.1. The minimum absolute atomic E-state index is 0.163. The molecule has 148 valence electrons. The molecule has 5 rings (SSSR count). The van der Waals surface area contributed by atoms with Crippen LogP contribution in [-0.2, 0) is 0 Å². The summed E-state index contributed by atoms with van der Waals surface area (Å²) < 4.78 is 0. The van der Waals surface area contributed by atoms with Crippen molar-refractivity contribution in [3.05, 3.63) is 0 Å². The smallest absolute Gasteiger partial charge is 0.0956 e. The molecule has 0 aromatic rings. The van der Waals surface area contributed by atoms with Gasteiger partial charge in [-0.25, -0.2) is 20.0 Å². The monoisotopic (exact) mass is 362 g/mol. The van der Waals surface area contributed by atoms with Crippen LogP contribution < -0.4 is 11.1 Å². The Hall–Kier alpha value is -0.240. The lowest BCUT2D eigenvalue weighted by Crippen LogP contribution is -2.76. The fraction of sp³-hybridized carbons (Fsp3) is 1.00. The first-order chi connectivity index (χ1) is 11.8. The van der Waals surface area contributed by atoms with Crippen molar-refractivity contribution in [2.45, 2.75) is 116 Å². The van der Waals surface area contributed by atoms with Gasteiger partial charge in [-0.3, -0.25) is 0 Å². The summed E-state index contributed by atoms with van der Waals surface area (Å²) in [5.74, 6) is 1.40. The van der Waals surface area contributed by atoms with E-state index >= 15 is 0 Å². The summed E-state index contributed by atoms with van der Waals surface area (Å²) in [7, 11) is 0. The third-order valence-corrected chi connectivity index (χ3v) is 7.99. The van der Waals surface area contributed by atoms with Gasteiger partial charge in [-0.2, -0.15) is 11.1 Å². The molecular formula is C20H38N6. The van der Waals surface area contributed by atoms with Crippen molar-refractivity contribution in [3.8, 4) is 0 Å². The number of hydrogen-bond acceptors (Lipinski definition) is 6. The van der Waals surface area contributed by atoms with Crippen LogP contribution in [0.25, 0.3) is 0 Å². The van der Waals surface area contributed by atoms with E-state index in [-0.39, 0.29) is 22.2 Å². The van der Waals surface area contributed by atoms with Gasteiger partial charge in [0.1, 0.15) is 0 Å². The summed E-state index contributed by atoms with van der Waals surface area (Å²) >= 11 is 0.